The lowest BCUT2D eigenvalue weighted by Crippen LogP contribution is -2.34. The first-order valence-electron chi connectivity index (χ1n) is 7.09. The molecule has 1 aromatic carbocycles. The van der Waals surface area contributed by atoms with E-state index in [-0.39, 0.29) is 23.9 Å². The molecule has 0 radical (unpaired) electrons. The van der Waals surface area contributed by atoms with Crippen molar-refractivity contribution in [2.45, 2.75) is 32.0 Å². The fourth-order valence-corrected chi connectivity index (χ4v) is 2.58. The molecule has 2 rings (SSSR count). The van der Waals surface area contributed by atoms with Gasteiger partial charge in [-0.05, 0) is 43.5 Å². The highest BCUT2D eigenvalue weighted by atomic mass is 19.4. The molecule has 3 nitrogen and oxygen atoms in total. The number of hydrogen-bond acceptors (Lipinski definition) is 2. The maximum Gasteiger partial charge on any atom is 0.416 e. The molecule has 1 saturated heterocycles. The summed E-state index contributed by atoms with van der Waals surface area (Å²) in [6, 6.07) is 5.32. The van der Waals surface area contributed by atoms with Crippen molar-refractivity contribution < 1.29 is 18.0 Å². The summed E-state index contributed by atoms with van der Waals surface area (Å²) < 4.78 is 38.5. The zero-order valence-corrected chi connectivity index (χ0v) is 11.7. The van der Waals surface area contributed by atoms with Gasteiger partial charge in [0.05, 0.1) is 5.56 Å². The van der Waals surface area contributed by atoms with Gasteiger partial charge in [-0.2, -0.15) is 13.2 Å². The summed E-state index contributed by atoms with van der Waals surface area (Å²) in [4.78, 5) is 11.8. The maximum absolute atomic E-state index is 12.8. The molecule has 1 aliphatic heterocycles. The van der Waals surface area contributed by atoms with Crippen molar-refractivity contribution in [2.24, 2.45) is 5.92 Å². The Bertz CT molecular complexity index is 482. The van der Waals surface area contributed by atoms with Crippen LogP contribution in [0.2, 0.25) is 0 Å². The number of carbonyl (C=O) groups excluding carboxylic acids is 1. The van der Waals surface area contributed by atoms with Crippen molar-refractivity contribution in [3.8, 4) is 0 Å². The van der Waals surface area contributed by atoms with Crippen molar-refractivity contribution in [1.29, 1.82) is 0 Å². The van der Waals surface area contributed by atoms with Gasteiger partial charge < -0.3 is 10.6 Å². The van der Waals surface area contributed by atoms with E-state index >= 15 is 0 Å². The minimum absolute atomic E-state index is 0.0886. The molecule has 21 heavy (non-hydrogen) atoms. The van der Waals surface area contributed by atoms with E-state index in [2.05, 4.69) is 10.6 Å². The summed E-state index contributed by atoms with van der Waals surface area (Å²) in [7, 11) is 0. The molecule has 0 saturated carbocycles. The molecule has 1 aromatic rings. The average Bonchev–Trinajstić information content (AvgIpc) is 2.45. The van der Waals surface area contributed by atoms with Crippen LogP contribution >= 0.6 is 0 Å². The summed E-state index contributed by atoms with van der Waals surface area (Å²) >= 11 is 0. The Morgan fingerprint density at radius 2 is 2.10 bits per heavy atom. The Morgan fingerprint density at radius 1 is 1.33 bits per heavy atom. The van der Waals surface area contributed by atoms with Crippen LogP contribution in [0.1, 0.15) is 30.4 Å². The molecule has 6 heteroatoms. The molecule has 2 N–H and O–H groups in total. The number of piperidine rings is 1. The SMILES string of the molecule is O=C(CC1CCCNC1)NCc1ccccc1C(F)(F)F. The second-order valence-corrected chi connectivity index (χ2v) is 5.35. The molecule has 0 aromatic heterocycles. The van der Waals surface area contributed by atoms with Gasteiger partial charge in [0.25, 0.3) is 0 Å². The largest absolute Gasteiger partial charge is 0.416 e. The van der Waals surface area contributed by atoms with Crippen LogP contribution in [-0.4, -0.2) is 19.0 Å². The van der Waals surface area contributed by atoms with Crippen LogP contribution in [0, 0.1) is 5.92 Å². The first kappa shape index (κ1) is 15.8. The van der Waals surface area contributed by atoms with Crippen LogP contribution in [-0.2, 0) is 17.5 Å². The van der Waals surface area contributed by atoms with Crippen LogP contribution in [0.4, 0.5) is 13.2 Å². The summed E-state index contributed by atoms with van der Waals surface area (Å²) in [6.07, 6.45) is -2.01. The molecule has 1 aliphatic rings. The molecule has 1 atom stereocenters. The van der Waals surface area contributed by atoms with E-state index in [0.29, 0.717) is 6.42 Å². The zero-order chi connectivity index (χ0) is 15.3. The fraction of sp³-hybridized carbons (Fsp3) is 0.533. The molecule has 1 heterocycles. The predicted molar refractivity (Wildman–Crippen MR) is 73.5 cm³/mol. The summed E-state index contributed by atoms with van der Waals surface area (Å²) in [6.45, 7) is 1.68. The minimum atomic E-state index is -4.39. The minimum Gasteiger partial charge on any atom is -0.352 e. The standard InChI is InChI=1S/C15H19F3N2O/c16-15(17,18)13-6-2-1-5-12(13)10-20-14(21)8-11-4-3-7-19-9-11/h1-2,5-6,11,19H,3-4,7-10H2,(H,20,21). The summed E-state index contributed by atoms with van der Waals surface area (Å²) in [5.74, 6) is 0.0808. The summed E-state index contributed by atoms with van der Waals surface area (Å²) in [5, 5.41) is 5.81. The Kier molecular flexibility index (Phi) is 5.22. The lowest BCUT2D eigenvalue weighted by Gasteiger charge is -2.22. The van der Waals surface area contributed by atoms with Crippen molar-refractivity contribution in [3.63, 3.8) is 0 Å². The van der Waals surface area contributed by atoms with E-state index in [1.807, 2.05) is 0 Å². The lowest BCUT2D eigenvalue weighted by atomic mass is 9.96. The van der Waals surface area contributed by atoms with E-state index in [4.69, 9.17) is 0 Å². The molecule has 1 fully saturated rings. The number of carbonyl (C=O) groups is 1. The number of halogens is 3. The summed E-state index contributed by atoms with van der Waals surface area (Å²) in [5.41, 5.74) is -0.593. The number of benzene rings is 1. The van der Waals surface area contributed by atoms with Crippen LogP contribution in [0.25, 0.3) is 0 Å². The van der Waals surface area contributed by atoms with Gasteiger partial charge in [0.2, 0.25) is 5.91 Å². The Morgan fingerprint density at radius 3 is 2.76 bits per heavy atom. The normalized spacial score (nSPS) is 19.3. The zero-order valence-electron chi connectivity index (χ0n) is 11.7. The van der Waals surface area contributed by atoms with Crippen LogP contribution < -0.4 is 10.6 Å². The number of rotatable bonds is 4. The quantitative estimate of drug-likeness (QED) is 0.897. The fourth-order valence-electron chi connectivity index (χ4n) is 2.58. The van der Waals surface area contributed by atoms with E-state index in [1.54, 1.807) is 6.07 Å². The number of nitrogens with one attached hydrogen (secondary N) is 2. The number of alkyl halides is 3. The second kappa shape index (κ2) is 6.93. The highest BCUT2D eigenvalue weighted by Crippen LogP contribution is 2.31. The monoisotopic (exact) mass is 300 g/mol. The second-order valence-electron chi connectivity index (χ2n) is 5.35. The highest BCUT2D eigenvalue weighted by molar-refractivity contribution is 5.76. The molecular weight excluding hydrogens is 281 g/mol. The number of hydrogen-bond donors (Lipinski definition) is 2. The van der Waals surface area contributed by atoms with E-state index in [9.17, 15) is 18.0 Å². The topological polar surface area (TPSA) is 41.1 Å². The molecule has 0 aliphatic carbocycles. The molecule has 1 amide bonds. The Hall–Kier alpha value is -1.56. The van der Waals surface area contributed by atoms with Crippen molar-refractivity contribution >= 4 is 5.91 Å². The molecule has 0 spiro atoms. The van der Waals surface area contributed by atoms with E-state index in [0.717, 1.165) is 32.0 Å². The first-order chi connectivity index (χ1) is 9.97. The van der Waals surface area contributed by atoms with Gasteiger partial charge in [0.15, 0.2) is 0 Å². The van der Waals surface area contributed by atoms with Gasteiger partial charge in [-0.15, -0.1) is 0 Å². The van der Waals surface area contributed by atoms with Gasteiger partial charge in [-0.3, -0.25) is 4.79 Å². The van der Waals surface area contributed by atoms with E-state index < -0.39 is 11.7 Å². The van der Waals surface area contributed by atoms with Crippen molar-refractivity contribution in [1.82, 2.24) is 10.6 Å². The Balaban J connectivity index is 1.89. The Labute approximate surface area is 121 Å². The molecule has 0 bridgehead atoms. The maximum atomic E-state index is 12.8. The predicted octanol–water partition coefficient (Wildman–Crippen LogP) is 2.71. The van der Waals surface area contributed by atoms with Gasteiger partial charge >= 0.3 is 6.18 Å². The average molecular weight is 300 g/mol. The smallest absolute Gasteiger partial charge is 0.352 e. The first-order valence-corrected chi connectivity index (χ1v) is 7.09. The van der Waals surface area contributed by atoms with Gasteiger partial charge in [0, 0.05) is 13.0 Å². The molecular formula is C15H19F3N2O. The van der Waals surface area contributed by atoms with Crippen LogP contribution in [0.5, 0.6) is 0 Å². The van der Waals surface area contributed by atoms with E-state index in [1.165, 1.54) is 12.1 Å². The lowest BCUT2D eigenvalue weighted by molar-refractivity contribution is -0.138. The van der Waals surface area contributed by atoms with Crippen LogP contribution in [0.15, 0.2) is 24.3 Å². The third-order valence-electron chi connectivity index (χ3n) is 3.67. The third-order valence-corrected chi connectivity index (χ3v) is 3.67. The van der Waals surface area contributed by atoms with Gasteiger partial charge in [-0.1, -0.05) is 18.2 Å². The van der Waals surface area contributed by atoms with Crippen molar-refractivity contribution in [2.75, 3.05) is 13.1 Å². The van der Waals surface area contributed by atoms with Crippen LogP contribution in [0.3, 0.4) is 0 Å². The highest BCUT2D eigenvalue weighted by Gasteiger charge is 2.32. The van der Waals surface area contributed by atoms with Crippen molar-refractivity contribution in [3.05, 3.63) is 35.4 Å². The van der Waals surface area contributed by atoms with Gasteiger partial charge in [-0.25, -0.2) is 0 Å². The molecule has 116 valence electrons. The van der Waals surface area contributed by atoms with Gasteiger partial charge in [0.1, 0.15) is 0 Å². The number of amides is 1. The third kappa shape index (κ3) is 4.74. The molecule has 1 unspecified atom stereocenters.